The molecule has 7 heteroatoms. The highest BCUT2D eigenvalue weighted by atomic mass is 127. The Morgan fingerprint density at radius 1 is 1.32 bits per heavy atom. The Bertz CT molecular complexity index is 592. The number of likely N-dealkylation sites (tertiary alicyclic amines) is 1. The summed E-state index contributed by atoms with van der Waals surface area (Å²) in [6.07, 6.45) is 6.01. The Morgan fingerprint density at radius 3 is 2.72 bits per heavy atom. The van der Waals surface area contributed by atoms with Gasteiger partial charge in [0.1, 0.15) is 11.6 Å². The van der Waals surface area contributed by atoms with Gasteiger partial charge in [-0.25, -0.2) is 0 Å². The maximum absolute atomic E-state index is 4.54. The predicted molar refractivity (Wildman–Crippen MR) is 113 cm³/mol. The second-order valence-electron chi connectivity index (χ2n) is 7.49. The van der Waals surface area contributed by atoms with E-state index in [2.05, 4.69) is 43.8 Å². The number of guanidine groups is 1. The molecule has 3 rings (SSSR count). The summed E-state index contributed by atoms with van der Waals surface area (Å²) in [5.74, 6) is 3.87. The van der Waals surface area contributed by atoms with Gasteiger partial charge in [-0.1, -0.05) is 13.8 Å². The number of halogens is 1. The normalized spacial score (nSPS) is 22.5. The maximum atomic E-state index is 4.54. The first kappa shape index (κ1) is 20.5. The molecule has 1 atom stereocenters. The van der Waals surface area contributed by atoms with E-state index in [1.807, 2.05) is 14.0 Å². The van der Waals surface area contributed by atoms with Gasteiger partial charge in [-0.2, -0.15) is 0 Å². The third-order valence-electron chi connectivity index (χ3n) is 6.23. The number of aliphatic imine (C=N–C) groups is 1. The Labute approximate surface area is 168 Å². The molecule has 1 N–H and O–H groups in total. The first-order valence-electron chi connectivity index (χ1n) is 9.45. The first-order chi connectivity index (χ1) is 11.6. The molecule has 0 bridgehead atoms. The Kier molecular flexibility index (Phi) is 7.10. The van der Waals surface area contributed by atoms with Crippen LogP contribution in [0.2, 0.25) is 0 Å². The summed E-state index contributed by atoms with van der Waals surface area (Å²) >= 11 is 0. The molecular formula is C18H33IN6. The molecule has 1 aromatic heterocycles. The van der Waals surface area contributed by atoms with Gasteiger partial charge in [-0.15, -0.1) is 34.2 Å². The van der Waals surface area contributed by atoms with Crippen LogP contribution >= 0.6 is 24.0 Å². The van der Waals surface area contributed by atoms with Crippen LogP contribution in [-0.2, 0) is 13.0 Å². The largest absolute Gasteiger partial charge is 0.356 e. The number of aryl methyl sites for hydroxylation is 2. The summed E-state index contributed by atoms with van der Waals surface area (Å²) in [7, 11) is 1.91. The first-order valence-corrected chi connectivity index (χ1v) is 9.45. The maximum Gasteiger partial charge on any atom is 0.193 e. The molecule has 1 aromatic rings. The Morgan fingerprint density at radius 2 is 2.08 bits per heavy atom. The molecule has 0 aliphatic carbocycles. The molecule has 2 aliphatic heterocycles. The van der Waals surface area contributed by atoms with Crippen molar-refractivity contribution in [3.8, 4) is 0 Å². The number of rotatable bonds is 4. The molecule has 0 aromatic carbocycles. The molecule has 0 saturated carbocycles. The fraction of sp³-hybridized carbons (Fsp3) is 0.833. The minimum Gasteiger partial charge on any atom is -0.356 e. The summed E-state index contributed by atoms with van der Waals surface area (Å²) in [5, 5.41) is 12.1. The van der Waals surface area contributed by atoms with Crippen molar-refractivity contribution in [2.75, 3.05) is 26.7 Å². The van der Waals surface area contributed by atoms with Crippen LogP contribution in [0.15, 0.2) is 4.99 Å². The summed E-state index contributed by atoms with van der Waals surface area (Å²) in [6.45, 7) is 11.0. The second kappa shape index (κ2) is 8.68. The smallest absolute Gasteiger partial charge is 0.193 e. The van der Waals surface area contributed by atoms with Gasteiger partial charge in [0, 0.05) is 39.6 Å². The molecule has 142 valence electrons. The molecule has 25 heavy (non-hydrogen) atoms. The second-order valence-corrected chi connectivity index (χ2v) is 7.49. The molecule has 1 fully saturated rings. The number of nitrogens with one attached hydrogen (secondary N) is 1. The van der Waals surface area contributed by atoms with Gasteiger partial charge in [0.2, 0.25) is 0 Å². The Balaban J connectivity index is 0.00000225. The van der Waals surface area contributed by atoms with Crippen LogP contribution in [-0.4, -0.2) is 52.3 Å². The van der Waals surface area contributed by atoms with Gasteiger partial charge in [0.05, 0.1) is 0 Å². The van der Waals surface area contributed by atoms with Crippen LogP contribution in [0.5, 0.6) is 0 Å². The van der Waals surface area contributed by atoms with E-state index in [9.17, 15) is 0 Å². The lowest BCUT2D eigenvalue weighted by Crippen LogP contribution is -2.44. The monoisotopic (exact) mass is 460 g/mol. The van der Waals surface area contributed by atoms with Crippen molar-refractivity contribution in [3.05, 3.63) is 11.6 Å². The van der Waals surface area contributed by atoms with Gasteiger partial charge in [-0.3, -0.25) is 4.99 Å². The predicted octanol–water partition coefficient (Wildman–Crippen LogP) is 2.85. The standard InChI is InChI=1S/C18H32N6.HI/c1-5-18(6-2)9-10-23(13-18)17(19-4)20-11-15-7-8-16-22-21-14(3)24(16)12-15;/h15H,5-13H2,1-4H3,(H,19,20);1H. The number of fused-ring (bicyclic) bond motifs is 1. The van der Waals surface area contributed by atoms with Crippen LogP contribution in [0, 0.1) is 18.3 Å². The van der Waals surface area contributed by atoms with Crippen LogP contribution in [0.25, 0.3) is 0 Å². The minimum absolute atomic E-state index is 0. The minimum atomic E-state index is 0. The quantitative estimate of drug-likeness (QED) is 0.427. The fourth-order valence-corrected chi connectivity index (χ4v) is 4.21. The third kappa shape index (κ3) is 4.28. The van der Waals surface area contributed by atoms with Gasteiger partial charge in [0.15, 0.2) is 5.96 Å². The average molecular weight is 460 g/mol. The molecule has 3 heterocycles. The van der Waals surface area contributed by atoms with Crippen molar-refractivity contribution < 1.29 is 0 Å². The van der Waals surface area contributed by atoms with E-state index >= 15 is 0 Å². The number of nitrogens with zero attached hydrogens (tertiary/aromatic N) is 5. The molecule has 0 amide bonds. The highest BCUT2D eigenvalue weighted by molar-refractivity contribution is 14.0. The van der Waals surface area contributed by atoms with Crippen molar-refractivity contribution in [3.63, 3.8) is 0 Å². The zero-order valence-corrected chi connectivity index (χ0v) is 18.4. The summed E-state index contributed by atoms with van der Waals surface area (Å²) < 4.78 is 2.27. The molecular weight excluding hydrogens is 427 g/mol. The molecule has 1 unspecified atom stereocenters. The topological polar surface area (TPSA) is 58.3 Å². The molecule has 2 aliphatic rings. The van der Waals surface area contributed by atoms with Crippen LogP contribution in [0.3, 0.4) is 0 Å². The number of hydrogen-bond donors (Lipinski definition) is 1. The highest BCUT2D eigenvalue weighted by Crippen LogP contribution is 2.36. The lowest BCUT2D eigenvalue weighted by molar-refractivity contribution is 0.275. The van der Waals surface area contributed by atoms with Crippen LogP contribution in [0.4, 0.5) is 0 Å². The highest BCUT2D eigenvalue weighted by Gasteiger charge is 2.36. The van der Waals surface area contributed by atoms with Crippen molar-refractivity contribution in [1.82, 2.24) is 25.0 Å². The average Bonchev–Trinajstić information content (AvgIpc) is 3.21. The van der Waals surface area contributed by atoms with Crippen molar-refractivity contribution >= 4 is 29.9 Å². The fourth-order valence-electron chi connectivity index (χ4n) is 4.21. The third-order valence-corrected chi connectivity index (χ3v) is 6.23. The van der Waals surface area contributed by atoms with E-state index in [0.717, 1.165) is 50.2 Å². The number of aromatic nitrogens is 3. The van der Waals surface area contributed by atoms with E-state index < -0.39 is 0 Å². The van der Waals surface area contributed by atoms with Gasteiger partial charge in [-0.05, 0) is 43.9 Å². The summed E-state index contributed by atoms with van der Waals surface area (Å²) in [5.41, 5.74) is 0.483. The zero-order valence-electron chi connectivity index (χ0n) is 16.1. The zero-order chi connectivity index (χ0) is 17.2. The van der Waals surface area contributed by atoms with Gasteiger partial charge >= 0.3 is 0 Å². The molecule has 0 radical (unpaired) electrons. The van der Waals surface area contributed by atoms with E-state index in [-0.39, 0.29) is 24.0 Å². The van der Waals surface area contributed by atoms with E-state index in [4.69, 9.17) is 0 Å². The Hall–Kier alpha value is -0.860. The van der Waals surface area contributed by atoms with Crippen molar-refractivity contribution in [1.29, 1.82) is 0 Å². The van der Waals surface area contributed by atoms with Gasteiger partial charge < -0.3 is 14.8 Å². The lowest BCUT2D eigenvalue weighted by Gasteiger charge is -2.29. The van der Waals surface area contributed by atoms with E-state index in [1.165, 1.54) is 25.7 Å². The van der Waals surface area contributed by atoms with Crippen LogP contribution < -0.4 is 5.32 Å². The van der Waals surface area contributed by atoms with Crippen molar-refractivity contribution in [2.45, 2.75) is 59.4 Å². The SMILES string of the molecule is CCC1(CC)CCN(C(=NC)NCC2CCc3nnc(C)n3C2)C1.I. The van der Waals surface area contributed by atoms with Crippen molar-refractivity contribution in [2.24, 2.45) is 16.3 Å². The molecule has 0 spiro atoms. The van der Waals surface area contributed by atoms with Gasteiger partial charge in [0.25, 0.3) is 0 Å². The lowest BCUT2D eigenvalue weighted by atomic mass is 9.82. The number of hydrogen-bond acceptors (Lipinski definition) is 3. The molecule has 1 saturated heterocycles. The molecule has 6 nitrogen and oxygen atoms in total. The van der Waals surface area contributed by atoms with E-state index in [0.29, 0.717) is 11.3 Å². The summed E-state index contributed by atoms with van der Waals surface area (Å²) in [6, 6.07) is 0. The van der Waals surface area contributed by atoms with E-state index in [1.54, 1.807) is 0 Å². The summed E-state index contributed by atoms with van der Waals surface area (Å²) in [4.78, 5) is 6.99. The van der Waals surface area contributed by atoms with Crippen LogP contribution in [0.1, 0.15) is 51.2 Å².